The molecular formula is C14H24N2O3. The summed E-state index contributed by atoms with van der Waals surface area (Å²) in [7, 11) is 4.02. The maximum absolute atomic E-state index is 12.6. The summed E-state index contributed by atoms with van der Waals surface area (Å²) in [6, 6.07) is 0.262. The first-order chi connectivity index (χ1) is 9.00. The minimum absolute atomic E-state index is 0.0780. The third-order valence-electron chi connectivity index (χ3n) is 4.39. The number of likely N-dealkylation sites (N-methyl/N-ethyl adjacent to an activating group) is 1. The molecule has 5 heteroatoms. The normalized spacial score (nSPS) is 31.1. The fourth-order valence-corrected chi connectivity index (χ4v) is 3.50. The number of carboxylic acid groups (broad SMARTS) is 1. The highest BCUT2D eigenvalue weighted by atomic mass is 16.4. The average molecular weight is 268 g/mol. The van der Waals surface area contributed by atoms with Gasteiger partial charge in [0.15, 0.2) is 0 Å². The van der Waals surface area contributed by atoms with Gasteiger partial charge >= 0.3 is 5.97 Å². The van der Waals surface area contributed by atoms with Crippen molar-refractivity contribution in [2.45, 2.75) is 38.1 Å². The molecule has 1 heterocycles. The van der Waals surface area contributed by atoms with Gasteiger partial charge in [-0.15, -0.1) is 0 Å². The van der Waals surface area contributed by atoms with Crippen molar-refractivity contribution in [2.75, 3.05) is 27.2 Å². The highest BCUT2D eigenvalue weighted by Gasteiger charge is 2.42. The molecule has 0 radical (unpaired) electrons. The molecule has 0 aromatic heterocycles. The summed E-state index contributed by atoms with van der Waals surface area (Å²) in [6.07, 6.45) is 4.32. The zero-order chi connectivity index (χ0) is 14.0. The van der Waals surface area contributed by atoms with E-state index in [2.05, 4.69) is 4.90 Å². The molecule has 5 nitrogen and oxygen atoms in total. The molecule has 1 aliphatic carbocycles. The molecule has 3 atom stereocenters. The highest BCUT2D eigenvalue weighted by Crippen LogP contribution is 2.35. The predicted octanol–water partition coefficient (Wildman–Crippen LogP) is 1.04. The van der Waals surface area contributed by atoms with E-state index in [4.69, 9.17) is 0 Å². The Morgan fingerprint density at radius 3 is 2.47 bits per heavy atom. The summed E-state index contributed by atoms with van der Waals surface area (Å²) in [6.45, 7) is 1.66. The molecule has 1 N–H and O–H groups in total. The van der Waals surface area contributed by atoms with Crippen molar-refractivity contribution < 1.29 is 14.7 Å². The van der Waals surface area contributed by atoms with Crippen LogP contribution in [-0.2, 0) is 9.59 Å². The van der Waals surface area contributed by atoms with Crippen molar-refractivity contribution in [3.8, 4) is 0 Å². The summed E-state index contributed by atoms with van der Waals surface area (Å²) in [5.41, 5.74) is 0. The van der Waals surface area contributed by atoms with Crippen LogP contribution in [0.15, 0.2) is 0 Å². The van der Waals surface area contributed by atoms with E-state index in [1.54, 1.807) is 0 Å². The first-order valence-corrected chi connectivity index (χ1v) is 7.18. The van der Waals surface area contributed by atoms with Crippen LogP contribution in [0, 0.1) is 11.8 Å². The SMILES string of the molecule is CN(C)CC1CCCN1C(=O)C1CCCC1C(=O)O. The molecule has 0 aromatic carbocycles. The molecule has 3 unspecified atom stereocenters. The number of likely N-dealkylation sites (tertiary alicyclic amines) is 1. The fraction of sp³-hybridized carbons (Fsp3) is 0.857. The van der Waals surface area contributed by atoms with E-state index in [1.807, 2.05) is 19.0 Å². The van der Waals surface area contributed by atoms with Crippen molar-refractivity contribution in [3.05, 3.63) is 0 Å². The number of hydrogen-bond acceptors (Lipinski definition) is 3. The summed E-state index contributed by atoms with van der Waals surface area (Å²) >= 11 is 0. The van der Waals surface area contributed by atoms with Crippen molar-refractivity contribution in [3.63, 3.8) is 0 Å². The largest absolute Gasteiger partial charge is 0.481 e. The van der Waals surface area contributed by atoms with Crippen molar-refractivity contribution >= 4 is 11.9 Å². The van der Waals surface area contributed by atoms with E-state index in [9.17, 15) is 14.7 Å². The number of carbonyl (C=O) groups is 2. The lowest BCUT2D eigenvalue weighted by Crippen LogP contribution is -2.45. The molecule has 19 heavy (non-hydrogen) atoms. The van der Waals surface area contributed by atoms with Gasteiger partial charge in [-0.1, -0.05) is 6.42 Å². The van der Waals surface area contributed by atoms with Crippen LogP contribution in [0.2, 0.25) is 0 Å². The zero-order valence-corrected chi connectivity index (χ0v) is 11.8. The number of nitrogens with zero attached hydrogens (tertiary/aromatic N) is 2. The van der Waals surface area contributed by atoms with Crippen LogP contribution in [0.3, 0.4) is 0 Å². The molecule has 2 rings (SSSR count). The van der Waals surface area contributed by atoms with Gasteiger partial charge in [-0.25, -0.2) is 0 Å². The molecule has 1 saturated heterocycles. The Balaban J connectivity index is 2.04. The first kappa shape index (κ1) is 14.3. The standard InChI is InChI=1S/C14H24N2O3/c1-15(2)9-10-5-4-8-16(10)13(17)11-6-3-7-12(11)14(18)19/h10-12H,3-9H2,1-2H3,(H,18,19). The van der Waals surface area contributed by atoms with Gasteiger partial charge < -0.3 is 14.9 Å². The summed E-state index contributed by atoms with van der Waals surface area (Å²) in [5.74, 6) is -1.48. The summed E-state index contributed by atoms with van der Waals surface area (Å²) < 4.78 is 0. The van der Waals surface area contributed by atoms with E-state index in [0.29, 0.717) is 6.42 Å². The first-order valence-electron chi connectivity index (χ1n) is 7.18. The Labute approximate surface area is 114 Å². The third kappa shape index (κ3) is 3.08. The van der Waals surface area contributed by atoms with Gasteiger partial charge in [0.25, 0.3) is 0 Å². The van der Waals surface area contributed by atoms with E-state index >= 15 is 0 Å². The molecule has 1 amide bonds. The molecule has 1 saturated carbocycles. The lowest BCUT2D eigenvalue weighted by molar-refractivity contribution is -0.149. The van der Waals surface area contributed by atoms with Gasteiger partial charge in [0.2, 0.25) is 5.91 Å². The van der Waals surface area contributed by atoms with Crippen LogP contribution >= 0.6 is 0 Å². The Bertz CT molecular complexity index is 357. The maximum Gasteiger partial charge on any atom is 0.307 e. The second-order valence-corrected chi connectivity index (χ2v) is 6.07. The quantitative estimate of drug-likeness (QED) is 0.827. The van der Waals surface area contributed by atoms with Gasteiger partial charge in [-0.2, -0.15) is 0 Å². The van der Waals surface area contributed by atoms with Gasteiger partial charge in [0, 0.05) is 19.1 Å². The van der Waals surface area contributed by atoms with E-state index in [-0.39, 0.29) is 17.9 Å². The van der Waals surface area contributed by atoms with Crippen LogP contribution in [-0.4, -0.2) is 60.0 Å². The zero-order valence-electron chi connectivity index (χ0n) is 11.8. The number of carbonyl (C=O) groups excluding carboxylic acids is 1. The summed E-state index contributed by atoms with van der Waals surface area (Å²) in [4.78, 5) is 27.8. The molecule has 1 aliphatic heterocycles. The Hall–Kier alpha value is -1.10. The average Bonchev–Trinajstić information content (AvgIpc) is 2.94. The second kappa shape index (κ2) is 5.90. The Morgan fingerprint density at radius 1 is 1.16 bits per heavy atom. The highest BCUT2D eigenvalue weighted by molar-refractivity contribution is 5.85. The summed E-state index contributed by atoms with van der Waals surface area (Å²) in [5, 5.41) is 9.21. The second-order valence-electron chi connectivity index (χ2n) is 6.07. The van der Waals surface area contributed by atoms with Crippen molar-refractivity contribution in [1.82, 2.24) is 9.80 Å². The van der Waals surface area contributed by atoms with E-state index in [0.717, 1.165) is 38.8 Å². The fourth-order valence-electron chi connectivity index (χ4n) is 3.50. The lowest BCUT2D eigenvalue weighted by Gasteiger charge is -2.30. The topological polar surface area (TPSA) is 60.9 Å². The van der Waals surface area contributed by atoms with E-state index < -0.39 is 11.9 Å². The van der Waals surface area contributed by atoms with Crippen LogP contribution in [0.4, 0.5) is 0 Å². The number of hydrogen-bond donors (Lipinski definition) is 1. The van der Waals surface area contributed by atoms with Crippen LogP contribution in [0.5, 0.6) is 0 Å². The number of rotatable bonds is 4. The van der Waals surface area contributed by atoms with Gasteiger partial charge in [0.1, 0.15) is 0 Å². The molecule has 2 aliphatic rings. The molecule has 0 bridgehead atoms. The Kier molecular flexibility index (Phi) is 4.45. The van der Waals surface area contributed by atoms with Crippen LogP contribution < -0.4 is 0 Å². The number of carboxylic acids is 1. The Morgan fingerprint density at radius 2 is 1.84 bits per heavy atom. The minimum Gasteiger partial charge on any atom is -0.481 e. The van der Waals surface area contributed by atoms with Crippen molar-refractivity contribution in [1.29, 1.82) is 0 Å². The third-order valence-corrected chi connectivity index (χ3v) is 4.39. The van der Waals surface area contributed by atoms with Crippen LogP contribution in [0.1, 0.15) is 32.1 Å². The minimum atomic E-state index is -0.806. The number of amides is 1. The molecule has 0 aromatic rings. The molecule has 0 spiro atoms. The maximum atomic E-state index is 12.6. The van der Waals surface area contributed by atoms with Crippen molar-refractivity contribution in [2.24, 2.45) is 11.8 Å². The smallest absolute Gasteiger partial charge is 0.307 e. The van der Waals surface area contributed by atoms with Gasteiger partial charge in [-0.3, -0.25) is 9.59 Å². The lowest BCUT2D eigenvalue weighted by atomic mass is 9.94. The van der Waals surface area contributed by atoms with Gasteiger partial charge in [0.05, 0.1) is 11.8 Å². The molecule has 2 fully saturated rings. The monoisotopic (exact) mass is 268 g/mol. The van der Waals surface area contributed by atoms with Crippen LogP contribution in [0.25, 0.3) is 0 Å². The molecule has 108 valence electrons. The number of aliphatic carboxylic acids is 1. The predicted molar refractivity (Wildman–Crippen MR) is 71.8 cm³/mol. The van der Waals surface area contributed by atoms with E-state index in [1.165, 1.54) is 0 Å². The molecular weight excluding hydrogens is 244 g/mol. The van der Waals surface area contributed by atoms with Gasteiger partial charge in [-0.05, 0) is 39.8 Å².